The number of unbranched alkanes of at least 4 members (excludes halogenated alkanes) is 7. The Labute approximate surface area is 187 Å². The van der Waals surface area contributed by atoms with E-state index in [1.807, 2.05) is 0 Å². The van der Waals surface area contributed by atoms with Crippen molar-refractivity contribution in [3.05, 3.63) is 29.8 Å². The normalized spacial score (nSPS) is 31.2. The van der Waals surface area contributed by atoms with Gasteiger partial charge in [-0.1, -0.05) is 51.9 Å². The van der Waals surface area contributed by atoms with Crippen LogP contribution in [0.3, 0.4) is 0 Å². The van der Waals surface area contributed by atoms with Crippen molar-refractivity contribution in [3.8, 4) is 0 Å². The summed E-state index contributed by atoms with van der Waals surface area (Å²) in [5, 5.41) is 7.32. The van der Waals surface area contributed by atoms with Crippen LogP contribution in [0.5, 0.6) is 0 Å². The summed E-state index contributed by atoms with van der Waals surface area (Å²) in [4.78, 5) is 16.8. The molecule has 2 unspecified atom stereocenters. The van der Waals surface area contributed by atoms with Crippen molar-refractivity contribution in [2.45, 2.75) is 108 Å². The monoisotopic (exact) mass is 429 g/mol. The number of carbonyl (C=O) groups is 1. The molecule has 0 aliphatic heterocycles. The van der Waals surface area contributed by atoms with Crippen LogP contribution in [0.4, 0.5) is 4.39 Å². The molecule has 31 heavy (non-hydrogen) atoms. The van der Waals surface area contributed by atoms with E-state index in [1.165, 1.54) is 82.8 Å². The van der Waals surface area contributed by atoms with Crippen molar-refractivity contribution in [2.75, 3.05) is 6.54 Å². The zero-order valence-corrected chi connectivity index (χ0v) is 19.2. The van der Waals surface area contributed by atoms with E-state index in [0.29, 0.717) is 17.5 Å². The summed E-state index contributed by atoms with van der Waals surface area (Å²) in [5.41, 5.74) is 0.385. The molecule has 4 aliphatic rings. The van der Waals surface area contributed by atoms with Gasteiger partial charge in [-0.3, -0.25) is 4.79 Å². The Bertz CT molecular complexity index is 721. The molecule has 4 bridgehead atoms. The minimum atomic E-state index is -0.407. The first-order valence-corrected chi connectivity index (χ1v) is 12.7. The molecule has 0 radical (unpaired) electrons. The van der Waals surface area contributed by atoms with Crippen LogP contribution in [-0.4, -0.2) is 28.5 Å². The topological polar surface area (TPSA) is 54.0 Å². The summed E-state index contributed by atoms with van der Waals surface area (Å²) in [6.45, 7) is 3.36. The Balaban J connectivity index is 1.28. The summed E-state index contributed by atoms with van der Waals surface area (Å²) < 4.78 is 13.2. The third kappa shape index (κ3) is 5.66. The average Bonchev–Trinajstić information content (AvgIpc) is 2.71. The van der Waals surface area contributed by atoms with Gasteiger partial charge in [0.1, 0.15) is 11.5 Å². The van der Waals surface area contributed by atoms with E-state index in [-0.39, 0.29) is 17.0 Å². The number of carbonyl (C=O) groups excluding carboxylic acids is 1. The van der Waals surface area contributed by atoms with E-state index in [0.717, 1.165) is 32.0 Å². The first-order valence-electron chi connectivity index (χ1n) is 12.7. The predicted octanol–water partition coefficient (Wildman–Crippen LogP) is 5.77. The molecule has 1 aromatic rings. The van der Waals surface area contributed by atoms with Crippen LogP contribution >= 0.6 is 0 Å². The fourth-order valence-electron chi connectivity index (χ4n) is 7.04. The van der Waals surface area contributed by atoms with E-state index >= 15 is 0 Å². The van der Waals surface area contributed by atoms with Crippen LogP contribution in [0.25, 0.3) is 0 Å². The van der Waals surface area contributed by atoms with Crippen molar-refractivity contribution in [1.82, 2.24) is 15.6 Å². The zero-order valence-electron chi connectivity index (χ0n) is 19.2. The third-order valence-electron chi connectivity index (χ3n) is 7.93. The summed E-state index contributed by atoms with van der Waals surface area (Å²) in [5.74, 6) is 0.846. The van der Waals surface area contributed by atoms with Gasteiger partial charge in [-0.05, 0) is 75.5 Å². The summed E-state index contributed by atoms with van der Waals surface area (Å²) in [6, 6.07) is 2.80. The van der Waals surface area contributed by atoms with Crippen molar-refractivity contribution in [3.63, 3.8) is 0 Å². The second-order valence-electron chi connectivity index (χ2n) is 10.7. The fourth-order valence-corrected chi connectivity index (χ4v) is 7.04. The molecule has 4 fully saturated rings. The van der Waals surface area contributed by atoms with Gasteiger partial charge in [-0.2, -0.15) is 0 Å². The van der Waals surface area contributed by atoms with Gasteiger partial charge in [0.2, 0.25) is 0 Å². The number of rotatable bonds is 12. The molecule has 0 saturated heterocycles. The molecule has 1 heterocycles. The number of hydrogen-bond donors (Lipinski definition) is 2. The minimum Gasteiger partial charge on any atom is -0.345 e. The lowest BCUT2D eigenvalue weighted by Gasteiger charge is -2.62. The molecule has 4 nitrogen and oxygen atoms in total. The summed E-state index contributed by atoms with van der Waals surface area (Å²) >= 11 is 0. The van der Waals surface area contributed by atoms with Gasteiger partial charge in [0.15, 0.2) is 0 Å². The second kappa shape index (κ2) is 9.97. The molecule has 0 aromatic carbocycles. The third-order valence-corrected chi connectivity index (χ3v) is 7.93. The number of hydrogen-bond acceptors (Lipinski definition) is 3. The highest BCUT2D eigenvalue weighted by Crippen LogP contribution is 2.57. The maximum Gasteiger partial charge on any atom is 0.270 e. The first kappa shape index (κ1) is 22.7. The Morgan fingerprint density at radius 2 is 1.65 bits per heavy atom. The summed E-state index contributed by atoms with van der Waals surface area (Å²) in [7, 11) is 0. The molecule has 4 aliphatic carbocycles. The maximum absolute atomic E-state index is 13.2. The standard InChI is InChI=1S/C26H40FN3O/c1-2-3-4-5-6-7-8-9-12-29-25-14-20-13-21(15-25)17-26(16-20,19-25)30-24(31)23-11-10-22(27)18-28-23/h10-11,18,20-21,29H,2-9,12-17,19H2,1H3,(H,30,31). The Hall–Kier alpha value is -1.49. The fraction of sp³-hybridized carbons (Fsp3) is 0.769. The van der Waals surface area contributed by atoms with Gasteiger partial charge < -0.3 is 10.6 Å². The molecule has 5 rings (SSSR count). The molecule has 2 atom stereocenters. The molecule has 4 saturated carbocycles. The SMILES string of the molecule is CCCCCCCCCCNC12CC3CC(C1)CC(NC(=O)c1ccc(F)cn1)(C3)C2. The van der Waals surface area contributed by atoms with Crippen LogP contribution in [0.15, 0.2) is 18.3 Å². The number of halogens is 1. The largest absolute Gasteiger partial charge is 0.345 e. The van der Waals surface area contributed by atoms with Gasteiger partial charge in [0.25, 0.3) is 5.91 Å². The van der Waals surface area contributed by atoms with E-state index in [2.05, 4.69) is 22.5 Å². The van der Waals surface area contributed by atoms with Crippen LogP contribution in [-0.2, 0) is 0 Å². The quantitative estimate of drug-likeness (QED) is 0.415. The number of pyridine rings is 1. The molecule has 5 heteroatoms. The predicted molar refractivity (Wildman–Crippen MR) is 122 cm³/mol. The van der Waals surface area contributed by atoms with Crippen LogP contribution in [0.2, 0.25) is 0 Å². The van der Waals surface area contributed by atoms with Gasteiger partial charge in [0.05, 0.1) is 6.20 Å². The van der Waals surface area contributed by atoms with Crippen LogP contribution < -0.4 is 10.6 Å². The van der Waals surface area contributed by atoms with Gasteiger partial charge >= 0.3 is 0 Å². The van der Waals surface area contributed by atoms with Crippen molar-refractivity contribution < 1.29 is 9.18 Å². The average molecular weight is 430 g/mol. The lowest BCUT2D eigenvalue weighted by Crippen LogP contribution is -2.69. The molecule has 1 amide bonds. The minimum absolute atomic E-state index is 0.122. The highest BCUT2D eigenvalue weighted by atomic mass is 19.1. The van der Waals surface area contributed by atoms with E-state index in [9.17, 15) is 9.18 Å². The molecular weight excluding hydrogens is 389 g/mol. The summed E-state index contributed by atoms with van der Waals surface area (Å²) in [6.07, 6.45) is 18.9. The molecule has 172 valence electrons. The molecule has 0 spiro atoms. The molecule has 2 N–H and O–H groups in total. The number of nitrogens with zero attached hydrogens (tertiary/aromatic N) is 1. The number of nitrogens with one attached hydrogen (secondary N) is 2. The molecular formula is C26H40FN3O. The highest BCUT2D eigenvalue weighted by Gasteiger charge is 2.58. The second-order valence-corrected chi connectivity index (χ2v) is 10.7. The zero-order chi connectivity index (χ0) is 21.7. The highest BCUT2D eigenvalue weighted by molar-refractivity contribution is 5.92. The van der Waals surface area contributed by atoms with Gasteiger partial charge in [0, 0.05) is 11.1 Å². The molecule has 1 aromatic heterocycles. The van der Waals surface area contributed by atoms with Crippen LogP contribution in [0, 0.1) is 17.7 Å². The Kier molecular flexibility index (Phi) is 7.30. The van der Waals surface area contributed by atoms with Gasteiger partial charge in [-0.15, -0.1) is 0 Å². The van der Waals surface area contributed by atoms with Crippen molar-refractivity contribution in [1.29, 1.82) is 0 Å². The smallest absolute Gasteiger partial charge is 0.270 e. The van der Waals surface area contributed by atoms with Crippen molar-refractivity contribution in [2.24, 2.45) is 11.8 Å². The van der Waals surface area contributed by atoms with E-state index < -0.39 is 5.82 Å². The number of aromatic nitrogens is 1. The van der Waals surface area contributed by atoms with Gasteiger partial charge in [-0.25, -0.2) is 9.37 Å². The van der Waals surface area contributed by atoms with E-state index in [4.69, 9.17) is 0 Å². The Morgan fingerprint density at radius 3 is 2.29 bits per heavy atom. The number of amides is 1. The first-order chi connectivity index (χ1) is 15.0. The lowest BCUT2D eigenvalue weighted by atomic mass is 9.50. The van der Waals surface area contributed by atoms with E-state index in [1.54, 1.807) is 0 Å². The lowest BCUT2D eigenvalue weighted by molar-refractivity contribution is -0.0483. The van der Waals surface area contributed by atoms with Crippen molar-refractivity contribution >= 4 is 5.91 Å². The van der Waals surface area contributed by atoms with Crippen LogP contribution in [0.1, 0.15) is 107 Å². The maximum atomic E-state index is 13.2. The Morgan fingerprint density at radius 1 is 1.00 bits per heavy atom.